The van der Waals surface area contributed by atoms with E-state index in [9.17, 15) is 31.1 Å². The fraction of sp³-hybridized carbons (Fsp3) is 0.350. The van der Waals surface area contributed by atoms with Crippen LogP contribution in [0.3, 0.4) is 0 Å². The van der Waals surface area contributed by atoms with Crippen LogP contribution in [0.25, 0.3) is 0 Å². The number of halogens is 8. The Kier molecular flexibility index (Phi) is 6.78. The molecule has 2 atom stereocenters. The summed E-state index contributed by atoms with van der Waals surface area (Å²) in [6, 6.07) is 5.09. The molecule has 0 aromatic heterocycles. The van der Waals surface area contributed by atoms with Gasteiger partial charge in [-0.1, -0.05) is 23.2 Å². The van der Waals surface area contributed by atoms with Crippen molar-refractivity contribution in [1.82, 2.24) is 10.6 Å². The summed E-state index contributed by atoms with van der Waals surface area (Å²) in [6.07, 6.45) is -9.66. The highest BCUT2D eigenvalue weighted by atomic mass is 35.5. The Bertz CT molecular complexity index is 925. The largest absolute Gasteiger partial charge is 0.416 e. The number of amides is 1. The molecule has 31 heavy (non-hydrogen) atoms. The molecule has 1 aliphatic rings. The number of carbonyl (C=O) groups is 1. The normalized spacial score (nSPS) is 19.9. The van der Waals surface area contributed by atoms with Gasteiger partial charge in [0.05, 0.1) is 11.1 Å². The van der Waals surface area contributed by atoms with Gasteiger partial charge in [-0.2, -0.15) is 26.3 Å². The maximum absolute atomic E-state index is 13.1. The van der Waals surface area contributed by atoms with E-state index < -0.39 is 41.0 Å². The zero-order chi connectivity index (χ0) is 23.0. The highest BCUT2D eigenvalue weighted by Crippen LogP contribution is 2.36. The maximum atomic E-state index is 13.1. The summed E-state index contributed by atoms with van der Waals surface area (Å²) in [7, 11) is 0. The molecule has 0 unspecified atom stereocenters. The van der Waals surface area contributed by atoms with Crippen LogP contribution in [0.4, 0.5) is 26.3 Å². The third-order valence-corrected chi connectivity index (χ3v) is 5.40. The van der Waals surface area contributed by atoms with Crippen LogP contribution in [0.1, 0.15) is 39.4 Å². The third kappa shape index (κ3) is 5.84. The van der Waals surface area contributed by atoms with Gasteiger partial charge >= 0.3 is 12.4 Å². The molecule has 2 N–H and O–H groups in total. The van der Waals surface area contributed by atoms with Gasteiger partial charge in [0.25, 0.3) is 5.91 Å². The fourth-order valence-electron chi connectivity index (χ4n) is 3.51. The molecule has 1 heterocycles. The molecular formula is C20H16Cl2F6N2O. The van der Waals surface area contributed by atoms with E-state index in [-0.39, 0.29) is 12.0 Å². The molecule has 0 bridgehead atoms. The first-order valence-electron chi connectivity index (χ1n) is 9.11. The van der Waals surface area contributed by atoms with Gasteiger partial charge in [0.2, 0.25) is 0 Å². The van der Waals surface area contributed by atoms with Gasteiger partial charge in [-0.15, -0.1) is 0 Å². The van der Waals surface area contributed by atoms with Gasteiger partial charge in [-0.3, -0.25) is 4.79 Å². The van der Waals surface area contributed by atoms with Crippen molar-refractivity contribution in [2.24, 2.45) is 0 Å². The summed E-state index contributed by atoms with van der Waals surface area (Å²) < 4.78 is 78.5. The van der Waals surface area contributed by atoms with Crippen molar-refractivity contribution >= 4 is 29.1 Å². The van der Waals surface area contributed by atoms with Crippen LogP contribution in [0.15, 0.2) is 36.4 Å². The molecule has 168 valence electrons. The topological polar surface area (TPSA) is 41.1 Å². The van der Waals surface area contributed by atoms with Crippen LogP contribution in [-0.4, -0.2) is 25.0 Å². The lowest BCUT2D eigenvalue weighted by atomic mass is 9.86. The Morgan fingerprint density at radius 3 is 1.97 bits per heavy atom. The molecule has 3 nitrogen and oxygen atoms in total. The van der Waals surface area contributed by atoms with Gasteiger partial charge < -0.3 is 10.6 Å². The molecular weight excluding hydrogens is 469 g/mol. The van der Waals surface area contributed by atoms with Gasteiger partial charge in [0.1, 0.15) is 0 Å². The number of benzene rings is 2. The highest BCUT2D eigenvalue weighted by Gasteiger charge is 2.38. The molecule has 2 aromatic rings. The second kappa shape index (κ2) is 8.88. The van der Waals surface area contributed by atoms with Crippen molar-refractivity contribution in [1.29, 1.82) is 0 Å². The van der Waals surface area contributed by atoms with Crippen LogP contribution in [0.5, 0.6) is 0 Å². The molecule has 3 rings (SSSR count). The Balaban J connectivity index is 1.91. The van der Waals surface area contributed by atoms with Crippen LogP contribution in [-0.2, 0) is 12.4 Å². The van der Waals surface area contributed by atoms with Crippen LogP contribution in [0.2, 0.25) is 10.0 Å². The lowest BCUT2D eigenvalue weighted by Crippen LogP contribution is -2.48. The summed E-state index contributed by atoms with van der Waals surface area (Å²) in [5, 5.41) is 6.45. The van der Waals surface area contributed by atoms with E-state index in [2.05, 4.69) is 10.6 Å². The van der Waals surface area contributed by atoms with E-state index in [0.717, 1.165) is 0 Å². The highest BCUT2D eigenvalue weighted by molar-refractivity contribution is 6.34. The predicted octanol–water partition coefficient (Wildman–Crippen LogP) is 5.91. The molecule has 2 aromatic carbocycles. The number of nitrogens with one attached hydrogen (secondary N) is 2. The minimum absolute atomic E-state index is 0.0158. The van der Waals surface area contributed by atoms with Crippen molar-refractivity contribution in [3.63, 3.8) is 0 Å². The lowest BCUT2D eigenvalue weighted by Gasteiger charge is -2.33. The number of rotatable bonds is 3. The Morgan fingerprint density at radius 2 is 1.45 bits per heavy atom. The number of alkyl halides is 6. The number of carbonyl (C=O) groups excluding carboxylic acids is 1. The average molecular weight is 485 g/mol. The molecule has 1 amide bonds. The van der Waals surface area contributed by atoms with Crippen molar-refractivity contribution in [2.75, 3.05) is 13.1 Å². The number of piperidine rings is 1. The van der Waals surface area contributed by atoms with E-state index in [4.69, 9.17) is 23.2 Å². The Morgan fingerprint density at radius 1 is 0.903 bits per heavy atom. The summed E-state index contributed by atoms with van der Waals surface area (Å²) >= 11 is 12.1. The first-order chi connectivity index (χ1) is 14.3. The molecule has 1 aliphatic heterocycles. The van der Waals surface area contributed by atoms with E-state index >= 15 is 0 Å². The minimum Gasteiger partial charge on any atom is -0.349 e. The van der Waals surface area contributed by atoms with Gasteiger partial charge in [0.15, 0.2) is 0 Å². The second-order valence-electron chi connectivity index (χ2n) is 7.18. The predicted molar refractivity (Wildman–Crippen MR) is 104 cm³/mol. The van der Waals surface area contributed by atoms with Gasteiger partial charge in [-0.05, 0) is 54.9 Å². The van der Waals surface area contributed by atoms with Crippen LogP contribution in [0, 0.1) is 0 Å². The maximum Gasteiger partial charge on any atom is 0.416 e. The van der Waals surface area contributed by atoms with E-state index in [1.807, 2.05) is 0 Å². The molecule has 0 radical (unpaired) electrons. The average Bonchev–Trinajstić information content (AvgIpc) is 2.66. The van der Waals surface area contributed by atoms with Gasteiger partial charge in [0, 0.05) is 34.1 Å². The van der Waals surface area contributed by atoms with E-state index in [1.54, 1.807) is 12.1 Å². The van der Waals surface area contributed by atoms with E-state index in [0.29, 0.717) is 47.3 Å². The summed E-state index contributed by atoms with van der Waals surface area (Å²) in [6.45, 7) is 0.921. The van der Waals surface area contributed by atoms with Crippen molar-refractivity contribution in [3.05, 3.63) is 68.7 Å². The molecule has 1 saturated heterocycles. The molecule has 0 saturated carbocycles. The van der Waals surface area contributed by atoms with Crippen molar-refractivity contribution in [3.8, 4) is 0 Å². The quantitative estimate of drug-likeness (QED) is 0.532. The smallest absolute Gasteiger partial charge is 0.349 e. The third-order valence-electron chi connectivity index (χ3n) is 4.96. The molecule has 1 fully saturated rings. The Labute approximate surface area is 183 Å². The number of hydrogen-bond acceptors (Lipinski definition) is 2. The minimum atomic E-state index is -5.04. The molecule has 0 aliphatic carbocycles. The van der Waals surface area contributed by atoms with Crippen molar-refractivity contribution in [2.45, 2.75) is 30.7 Å². The van der Waals surface area contributed by atoms with Crippen LogP contribution < -0.4 is 10.6 Å². The zero-order valence-corrected chi connectivity index (χ0v) is 17.2. The first kappa shape index (κ1) is 23.7. The fourth-order valence-corrected chi connectivity index (χ4v) is 4.05. The molecule has 0 spiro atoms. The Hall–Kier alpha value is -1.97. The second-order valence-corrected chi connectivity index (χ2v) is 8.05. The first-order valence-corrected chi connectivity index (χ1v) is 9.87. The number of hydrogen-bond donors (Lipinski definition) is 2. The van der Waals surface area contributed by atoms with Gasteiger partial charge in [-0.25, -0.2) is 0 Å². The SMILES string of the molecule is O=C(N[C@@H]1CCNC[C@H]1c1cc(Cl)cc(Cl)c1)c1cc(C(F)(F)F)cc(C(F)(F)F)c1. The zero-order valence-electron chi connectivity index (χ0n) is 15.7. The summed E-state index contributed by atoms with van der Waals surface area (Å²) in [4.78, 5) is 12.7. The lowest BCUT2D eigenvalue weighted by molar-refractivity contribution is -0.143. The molecule has 11 heteroatoms. The monoisotopic (exact) mass is 484 g/mol. The summed E-state index contributed by atoms with van der Waals surface area (Å²) in [5.74, 6) is -1.36. The standard InChI is InChI=1S/C20H16Cl2F6N2O/c21-14-5-10(6-15(22)8-14)16-9-29-2-1-17(16)30-18(31)11-3-12(19(23,24)25)7-13(4-11)20(26,27)28/h3-8,16-17,29H,1-2,9H2,(H,30,31)/t16-,17+/m0/s1. The van der Waals surface area contributed by atoms with E-state index in [1.165, 1.54) is 6.07 Å². The van der Waals surface area contributed by atoms with Crippen LogP contribution >= 0.6 is 23.2 Å². The summed E-state index contributed by atoms with van der Waals surface area (Å²) in [5.41, 5.74) is -3.12. The van der Waals surface area contributed by atoms with Crippen molar-refractivity contribution < 1.29 is 31.1 Å².